The Morgan fingerprint density at radius 2 is 2.29 bits per heavy atom. The predicted molar refractivity (Wildman–Crippen MR) is 68.1 cm³/mol. The normalized spacial score (nSPS) is 12.2. The molecule has 0 rings (SSSR count). The second kappa shape index (κ2) is 9.55. The summed E-state index contributed by atoms with van der Waals surface area (Å²) in [6.07, 6.45) is 0. The molecule has 84 valence electrons. The van der Waals surface area contributed by atoms with Crippen LogP contribution in [-0.2, 0) is 4.74 Å². The minimum absolute atomic E-state index is 0.419. The van der Waals surface area contributed by atoms with Crippen molar-refractivity contribution in [3.05, 3.63) is 0 Å². The fourth-order valence-corrected chi connectivity index (χ4v) is 1.85. The third-order valence-corrected chi connectivity index (χ3v) is 2.95. The largest absolute Gasteiger partial charge is 0.383 e. The third kappa shape index (κ3) is 8.59. The number of rotatable bonds is 7. The van der Waals surface area contributed by atoms with Crippen molar-refractivity contribution in [2.24, 2.45) is 0 Å². The van der Waals surface area contributed by atoms with Crippen molar-refractivity contribution >= 4 is 29.1 Å². The highest BCUT2D eigenvalue weighted by atomic mass is 32.2. The van der Waals surface area contributed by atoms with Gasteiger partial charge in [-0.2, -0.15) is 11.8 Å². The first-order valence-electron chi connectivity index (χ1n) is 4.81. The van der Waals surface area contributed by atoms with Crippen LogP contribution >= 0.6 is 24.0 Å². The van der Waals surface area contributed by atoms with Crippen LogP contribution in [0.15, 0.2) is 0 Å². The zero-order valence-corrected chi connectivity index (χ0v) is 10.8. The van der Waals surface area contributed by atoms with E-state index in [-0.39, 0.29) is 0 Å². The van der Waals surface area contributed by atoms with Gasteiger partial charge in [0.05, 0.1) is 6.61 Å². The summed E-state index contributed by atoms with van der Waals surface area (Å²) in [6.45, 7) is 5.73. The molecule has 0 saturated carbocycles. The molecule has 0 spiro atoms. The van der Waals surface area contributed by atoms with E-state index in [0.717, 1.165) is 18.1 Å². The monoisotopic (exact) mass is 236 g/mol. The molecule has 0 saturated heterocycles. The van der Waals surface area contributed by atoms with E-state index in [1.165, 1.54) is 0 Å². The number of thiocarbonyl (C=S) groups is 1. The Morgan fingerprint density at radius 1 is 1.57 bits per heavy atom. The average Bonchev–Trinajstić information content (AvgIpc) is 2.15. The molecule has 5 heteroatoms. The molecular weight excluding hydrogens is 216 g/mol. The standard InChI is InChI=1S/C9H20N2OS2/c1-4-14-7-8(2)11-9(13)10-5-6-12-3/h8H,4-7H2,1-3H3,(H2,10,11,13). The van der Waals surface area contributed by atoms with E-state index in [2.05, 4.69) is 24.5 Å². The van der Waals surface area contributed by atoms with Crippen molar-refractivity contribution in [1.82, 2.24) is 10.6 Å². The number of nitrogens with one attached hydrogen (secondary N) is 2. The van der Waals surface area contributed by atoms with Crippen molar-refractivity contribution < 1.29 is 4.74 Å². The Hall–Kier alpha value is -0.0000000000000000486. The summed E-state index contributed by atoms with van der Waals surface area (Å²) < 4.78 is 4.91. The molecular formula is C9H20N2OS2. The van der Waals surface area contributed by atoms with Gasteiger partial charge in [0, 0.05) is 25.4 Å². The molecule has 0 aromatic rings. The first-order valence-corrected chi connectivity index (χ1v) is 6.38. The number of hydrogen-bond acceptors (Lipinski definition) is 3. The van der Waals surface area contributed by atoms with Crippen LogP contribution in [0.2, 0.25) is 0 Å². The maximum Gasteiger partial charge on any atom is 0.166 e. The molecule has 0 aliphatic rings. The highest BCUT2D eigenvalue weighted by molar-refractivity contribution is 7.99. The summed E-state index contributed by atoms with van der Waals surface area (Å²) in [4.78, 5) is 0. The van der Waals surface area contributed by atoms with Gasteiger partial charge in [-0.05, 0) is 24.9 Å². The molecule has 1 unspecified atom stereocenters. The summed E-state index contributed by atoms with van der Waals surface area (Å²) in [5.41, 5.74) is 0. The first kappa shape index (κ1) is 14.0. The molecule has 1 atom stereocenters. The van der Waals surface area contributed by atoms with Crippen LogP contribution in [0.25, 0.3) is 0 Å². The average molecular weight is 236 g/mol. The molecule has 0 fully saturated rings. The van der Waals surface area contributed by atoms with Crippen LogP contribution in [0.4, 0.5) is 0 Å². The Labute approximate surface area is 96.4 Å². The summed E-state index contributed by atoms with van der Waals surface area (Å²) in [5.74, 6) is 2.23. The highest BCUT2D eigenvalue weighted by Crippen LogP contribution is 2.00. The summed E-state index contributed by atoms with van der Waals surface area (Å²) in [6, 6.07) is 0.419. The van der Waals surface area contributed by atoms with Crippen LogP contribution in [0.3, 0.4) is 0 Å². The van der Waals surface area contributed by atoms with Crippen molar-refractivity contribution in [2.45, 2.75) is 19.9 Å². The van der Waals surface area contributed by atoms with Gasteiger partial charge in [-0.3, -0.25) is 0 Å². The van der Waals surface area contributed by atoms with Crippen LogP contribution in [-0.4, -0.2) is 42.9 Å². The van der Waals surface area contributed by atoms with Gasteiger partial charge >= 0.3 is 0 Å². The molecule has 0 heterocycles. The number of methoxy groups -OCH3 is 1. The van der Waals surface area contributed by atoms with E-state index in [9.17, 15) is 0 Å². The number of hydrogen-bond donors (Lipinski definition) is 2. The second-order valence-corrected chi connectivity index (χ2v) is 4.68. The van der Waals surface area contributed by atoms with Crippen LogP contribution in [0, 0.1) is 0 Å². The Morgan fingerprint density at radius 3 is 2.86 bits per heavy atom. The van der Waals surface area contributed by atoms with Crippen molar-refractivity contribution in [1.29, 1.82) is 0 Å². The molecule has 0 bridgehead atoms. The Balaban J connectivity index is 3.40. The SMILES string of the molecule is CCSCC(C)NC(=S)NCCOC. The van der Waals surface area contributed by atoms with E-state index >= 15 is 0 Å². The smallest absolute Gasteiger partial charge is 0.166 e. The Kier molecular flexibility index (Phi) is 9.55. The quantitative estimate of drug-likeness (QED) is 0.513. The fourth-order valence-electron chi connectivity index (χ4n) is 0.878. The Bertz CT molecular complexity index is 156. The minimum Gasteiger partial charge on any atom is -0.383 e. The zero-order chi connectivity index (χ0) is 10.8. The molecule has 0 amide bonds. The van der Waals surface area contributed by atoms with Crippen molar-refractivity contribution in [2.75, 3.05) is 31.8 Å². The van der Waals surface area contributed by atoms with E-state index in [1.54, 1.807) is 7.11 Å². The molecule has 0 aliphatic heterocycles. The van der Waals surface area contributed by atoms with Gasteiger partial charge < -0.3 is 15.4 Å². The van der Waals surface area contributed by atoms with Gasteiger partial charge in [0.15, 0.2) is 5.11 Å². The zero-order valence-electron chi connectivity index (χ0n) is 9.13. The number of thioether (sulfide) groups is 1. The van der Waals surface area contributed by atoms with Crippen LogP contribution < -0.4 is 10.6 Å². The third-order valence-electron chi connectivity index (χ3n) is 1.54. The van der Waals surface area contributed by atoms with Gasteiger partial charge in [0.2, 0.25) is 0 Å². The van der Waals surface area contributed by atoms with E-state index in [1.807, 2.05) is 11.8 Å². The highest BCUT2D eigenvalue weighted by Gasteiger charge is 2.02. The maximum atomic E-state index is 5.11. The lowest BCUT2D eigenvalue weighted by molar-refractivity contribution is 0.204. The maximum absolute atomic E-state index is 5.11. The molecule has 0 aromatic heterocycles. The summed E-state index contributed by atoms with van der Waals surface area (Å²) >= 11 is 7.02. The van der Waals surface area contributed by atoms with Gasteiger partial charge in [-0.25, -0.2) is 0 Å². The summed E-state index contributed by atoms with van der Waals surface area (Å²) in [5, 5.41) is 7.01. The molecule has 0 aliphatic carbocycles. The van der Waals surface area contributed by atoms with Gasteiger partial charge in [0.25, 0.3) is 0 Å². The van der Waals surface area contributed by atoms with Crippen LogP contribution in [0.5, 0.6) is 0 Å². The lowest BCUT2D eigenvalue weighted by Gasteiger charge is -2.16. The second-order valence-electron chi connectivity index (χ2n) is 2.95. The molecule has 0 radical (unpaired) electrons. The summed E-state index contributed by atoms with van der Waals surface area (Å²) in [7, 11) is 1.68. The predicted octanol–water partition coefficient (Wildman–Crippen LogP) is 1.24. The minimum atomic E-state index is 0.419. The van der Waals surface area contributed by atoms with Gasteiger partial charge in [-0.1, -0.05) is 6.92 Å². The van der Waals surface area contributed by atoms with E-state index < -0.39 is 0 Å². The molecule has 0 aromatic carbocycles. The number of ether oxygens (including phenoxy) is 1. The van der Waals surface area contributed by atoms with Crippen molar-refractivity contribution in [3.63, 3.8) is 0 Å². The van der Waals surface area contributed by atoms with Gasteiger partial charge in [0.1, 0.15) is 0 Å². The van der Waals surface area contributed by atoms with E-state index in [0.29, 0.717) is 17.8 Å². The van der Waals surface area contributed by atoms with E-state index in [4.69, 9.17) is 17.0 Å². The lowest BCUT2D eigenvalue weighted by Crippen LogP contribution is -2.42. The van der Waals surface area contributed by atoms with Crippen LogP contribution in [0.1, 0.15) is 13.8 Å². The lowest BCUT2D eigenvalue weighted by atomic mass is 10.4. The molecule has 14 heavy (non-hydrogen) atoms. The molecule has 3 nitrogen and oxygen atoms in total. The first-order chi connectivity index (χ1) is 6.70. The van der Waals surface area contributed by atoms with Gasteiger partial charge in [-0.15, -0.1) is 0 Å². The van der Waals surface area contributed by atoms with Crippen molar-refractivity contribution in [3.8, 4) is 0 Å². The molecule has 2 N–H and O–H groups in total. The fraction of sp³-hybridized carbons (Fsp3) is 0.889. The topological polar surface area (TPSA) is 33.3 Å².